The van der Waals surface area contributed by atoms with Crippen LogP contribution in [0.25, 0.3) is 0 Å². The van der Waals surface area contributed by atoms with Crippen LogP contribution in [0.4, 0.5) is 5.69 Å². The van der Waals surface area contributed by atoms with E-state index in [0.717, 1.165) is 37.3 Å². The molecule has 0 saturated carbocycles. The maximum Gasteiger partial charge on any atom is 0.272 e. The third-order valence-electron chi connectivity index (χ3n) is 5.20. The van der Waals surface area contributed by atoms with Crippen LogP contribution in [0.3, 0.4) is 0 Å². The summed E-state index contributed by atoms with van der Waals surface area (Å²) in [4.78, 5) is 29.5. The van der Waals surface area contributed by atoms with E-state index in [1.165, 1.54) is 0 Å². The van der Waals surface area contributed by atoms with Crippen LogP contribution in [-0.2, 0) is 16.1 Å². The van der Waals surface area contributed by atoms with Gasteiger partial charge in [-0.2, -0.15) is 0 Å². The van der Waals surface area contributed by atoms with Gasteiger partial charge in [0, 0.05) is 57.4 Å². The molecule has 26 heavy (non-hydrogen) atoms. The van der Waals surface area contributed by atoms with Crippen LogP contribution in [0.5, 0.6) is 0 Å². The third kappa shape index (κ3) is 4.57. The number of amides is 1. The topological polar surface area (TPSA) is 79.2 Å². The molecule has 2 heterocycles. The molecule has 0 spiro atoms. The van der Waals surface area contributed by atoms with Crippen molar-refractivity contribution < 1.29 is 14.5 Å². The second kappa shape index (κ2) is 8.57. The number of hydrogen-bond donors (Lipinski definition) is 0. The molecule has 0 atom stereocenters. The number of benzene rings is 1. The average molecular weight is 362 g/mol. The van der Waals surface area contributed by atoms with Crippen molar-refractivity contribution in [3.63, 3.8) is 0 Å². The van der Waals surface area contributed by atoms with E-state index in [1.54, 1.807) is 12.1 Å². The van der Waals surface area contributed by atoms with E-state index in [9.17, 15) is 14.9 Å². The number of carbonyl (C=O) groups is 1. The molecule has 3 rings (SSSR count). The van der Waals surface area contributed by atoms with E-state index in [1.807, 2.05) is 17.9 Å². The number of nitrogens with zero attached hydrogens (tertiary/aromatic N) is 4. The molecule has 2 aliphatic rings. The Morgan fingerprint density at radius 1 is 1.12 bits per heavy atom. The van der Waals surface area contributed by atoms with E-state index in [0.29, 0.717) is 39.4 Å². The standard InChI is InChI=1S/C18H26N4O4/c1-15-16(3-2-4-17(15)22(24)25)13-19-5-7-20(8-6-19)14-18(23)21-9-11-26-12-10-21/h2-4H,5-14H2,1H3. The fourth-order valence-electron chi connectivity index (χ4n) is 3.49. The van der Waals surface area contributed by atoms with Crippen molar-refractivity contribution in [1.82, 2.24) is 14.7 Å². The van der Waals surface area contributed by atoms with E-state index in [-0.39, 0.29) is 16.5 Å². The lowest BCUT2D eigenvalue weighted by Crippen LogP contribution is -2.51. The lowest BCUT2D eigenvalue weighted by Gasteiger charge is -2.36. The van der Waals surface area contributed by atoms with Gasteiger partial charge in [0.2, 0.25) is 5.91 Å². The lowest BCUT2D eigenvalue weighted by atomic mass is 10.1. The second-order valence-corrected chi connectivity index (χ2v) is 6.86. The van der Waals surface area contributed by atoms with Crippen LogP contribution in [0.1, 0.15) is 11.1 Å². The molecule has 0 N–H and O–H groups in total. The summed E-state index contributed by atoms with van der Waals surface area (Å²) in [5, 5.41) is 11.1. The molecule has 1 aromatic rings. The molecule has 0 unspecified atom stereocenters. The predicted octanol–water partition coefficient (Wildman–Crippen LogP) is 0.880. The van der Waals surface area contributed by atoms with E-state index in [4.69, 9.17) is 4.74 Å². The summed E-state index contributed by atoms with van der Waals surface area (Å²) in [6.07, 6.45) is 0. The number of rotatable bonds is 5. The number of piperazine rings is 1. The van der Waals surface area contributed by atoms with Gasteiger partial charge < -0.3 is 9.64 Å². The van der Waals surface area contributed by atoms with Crippen molar-refractivity contribution in [3.05, 3.63) is 39.4 Å². The molecule has 0 bridgehead atoms. The van der Waals surface area contributed by atoms with Crippen molar-refractivity contribution in [2.45, 2.75) is 13.5 Å². The Bertz CT molecular complexity index is 653. The van der Waals surface area contributed by atoms with Crippen molar-refractivity contribution in [1.29, 1.82) is 0 Å². The van der Waals surface area contributed by atoms with Gasteiger partial charge in [0.1, 0.15) is 0 Å². The molecule has 2 fully saturated rings. The van der Waals surface area contributed by atoms with Gasteiger partial charge in [-0.3, -0.25) is 24.7 Å². The van der Waals surface area contributed by atoms with Crippen molar-refractivity contribution in [2.24, 2.45) is 0 Å². The highest BCUT2D eigenvalue weighted by atomic mass is 16.6. The van der Waals surface area contributed by atoms with Crippen molar-refractivity contribution >= 4 is 11.6 Å². The molecule has 0 aliphatic carbocycles. The molecule has 2 saturated heterocycles. The SMILES string of the molecule is Cc1c(CN2CCN(CC(=O)N3CCOCC3)CC2)cccc1[N+](=O)[O-]. The summed E-state index contributed by atoms with van der Waals surface area (Å²) in [6, 6.07) is 5.25. The molecule has 0 aromatic heterocycles. The average Bonchev–Trinajstić information content (AvgIpc) is 2.65. The highest BCUT2D eigenvalue weighted by Gasteiger charge is 2.23. The van der Waals surface area contributed by atoms with Gasteiger partial charge in [-0.05, 0) is 12.5 Å². The van der Waals surface area contributed by atoms with Crippen LogP contribution in [0.2, 0.25) is 0 Å². The summed E-state index contributed by atoms with van der Waals surface area (Å²) in [6.45, 7) is 9.00. The zero-order chi connectivity index (χ0) is 18.5. The maximum atomic E-state index is 12.3. The van der Waals surface area contributed by atoms with Crippen LogP contribution in [0, 0.1) is 17.0 Å². The van der Waals surface area contributed by atoms with E-state index < -0.39 is 0 Å². The molecule has 8 heteroatoms. The van der Waals surface area contributed by atoms with Crippen LogP contribution < -0.4 is 0 Å². The van der Waals surface area contributed by atoms with Crippen LogP contribution >= 0.6 is 0 Å². The van der Waals surface area contributed by atoms with Crippen LogP contribution in [0.15, 0.2) is 18.2 Å². The summed E-state index contributed by atoms with van der Waals surface area (Å²) in [7, 11) is 0. The Kier molecular flexibility index (Phi) is 6.18. The van der Waals surface area contributed by atoms with Crippen molar-refractivity contribution in [2.75, 3.05) is 59.0 Å². The number of ether oxygens (including phenoxy) is 1. The summed E-state index contributed by atoms with van der Waals surface area (Å²) < 4.78 is 5.29. The van der Waals surface area contributed by atoms with E-state index >= 15 is 0 Å². The quantitative estimate of drug-likeness (QED) is 0.571. The zero-order valence-corrected chi connectivity index (χ0v) is 15.2. The summed E-state index contributed by atoms with van der Waals surface area (Å²) >= 11 is 0. The fourth-order valence-corrected chi connectivity index (χ4v) is 3.49. The predicted molar refractivity (Wildman–Crippen MR) is 96.9 cm³/mol. The number of nitro groups is 1. The Morgan fingerprint density at radius 2 is 1.77 bits per heavy atom. The number of morpholine rings is 1. The molecule has 0 radical (unpaired) electrons. The largest absolute Gasteiger partial charge is 0.378 e. The molecule has 2 aliphatic heterocycles. The molecule has 142 valence electrons. The van der Waals surface area contributed by atoms with Gasteiger partial charge in [0.15, 0.2) is 0 Å². The Hall–Kier alpha value is -2.03. The highest BCUT2D eigenvalue weighted by molar-refractivity contribution is 5.78. The fraction of sp³-hybridized carbons (Fsp3) is 0.611. The van der Waals surface area contributed by atoms with Gasteiger partial charge in [-0.15, -0.1) is 0 Å². The zero-order valence-electron chi connectivity index (χ0n) is 15.2. The third-order valence-corrected chi connectivity index (χ3v) is 5.20. The lowest BCUT2D eigenvalue weighted by molar-refractivity contribution is -0.385. The number of nitro benzene ring substituents is 1. The Labute approximate surface area is 153 Å². The first-order chi connectivity index (χ1) is 12.5. The Balaban J connectivity index is 1.49. The van der Waals surface area contributed by atoms with Gasteiger partial charge in [-0.25, -0.2) is 0 Å². The minimum atomic E-state index is -0.325. The van der Waals surface area contributed by atoms with Gasteiger partial charge >= 0.3 is 0 Å². The maximum absolute atomic E-state index is 12.3. The van der Waals surface area contributed by atoms with Gasteiger partial charge in [0.25, 0.3) is 5.69 Å². The first-order valence-corrected chi connectivity index (χ1v) is 9.07. The molecule has 8 nitrogen and oxygen atoms in total. The number of carbonyl (C=O) groups excluding carboxylic acids is 1. The first-order valence-electron chi connectivity index (χ1n) is 9.07. The molecular formula is C18H26N4O4. The highest BCUT2D eigenvalue weighted by Crippen LogP contribution is 2.22. The smallest absolute Gasteiger partial charge is 0.272 e. The monoisotopic (exact) mass is 362 g/mol. The Morgan fingerprint density at radius 3 is 2.42 bits per heavy atom. The first kappa shape index (κ1) is 18.8. The van der Waals surface area contributed by atoms with E-state index in [2.05, 4.69) is 9.80 Å². The summed E-state index contributed by atoms with van der Waals surface area (Å²) in [5.74, 6) is 0.177. The summed E-state index contributed by atoms with van der Waals surface area (Å²) in [5.41, 5.74) is 1.91. The molecular weight excluding hydrogens is 336 g/mol. The molecule has 1 aromatic carbocycles. The minimum Gasteiger partial charge on any atom is -0.378 e. The van der Waals surface area contributed by atoms with Crippen molar-refractivity contribution in [3.8, 4) is 0 Å². The van der Waals surface area contributed by atoms with Gasteiger partial charge in [0.05, 0.1) is 24.7 Å². The van der Waals surface area contributed by atoms with Gasteiger partial charge in [-0.1, -0.05) is 12.1 Å². The number of hydrogen-bond acceptors (Lipinski definition) is 6. The molecule has 1 amide bonds. The van der Waals surface area contributed by atoms with Crippen LogP contribution in [-0.4, -0.2) is 84.6 Å². The minimum absolute atomic E-state index is 0.177. The normalized spacial score (nSPS) is 19.5. The second-order valence-electron chi connectivity index (χ2n) is 6.86.